The van der Waals surface area contributed by atoms with Gasteiger partial charge in [-0.2, -0.15) is 13.2 Å². The molecule has 1 aromatic carbocycles. The second-order valence-corrected chi connectivity index (χ2v) is 10.1. The molecule has 0 aliphatic heterocycles. The summed E-state index contributed by atoms with van der Waals surface area (Å²) in [5.74, 6) is 1.12. The van der Waals surface area contributed by atoms with Gasteiger partial charge in [0, 0.05) is 0 Å². The van der Waals surface area contributed by atoms with Crippen molar-refractivity contribution in [2.75, 3.05) is 0 Å². The molecule has 1 atom stereocenters. The fraction of sp³-hybridized carbons (Fsp3) is 0.714. The Morgan fingerprint density at radius 1 is 0.844 bits per heavy atom. The molecule has 0 bridgehead atoms. The molecule has 0 N–H and O–H groups in total. The minimum Gasteiger partial charge on any atom is -0.206 e. The van der Waals surface area contributed by atoms with E-state index >= 15 is 0 Å². The second kappa shape index (κ2) is 12.2. The Labute approximate surface area is 191 Å². The summed E-state index contributed by atoms with van der Waals surface area (Å²) in [4.78, 5) is 0. The Kier molecular flexibility index (Phi) is 9.67. The van der Waals surface area contributed by atoms with Crippen molar-refractivity contribution in [3.63, 3.8) is 0 Å². The van der Waals surface area contributed by atoms with Crippen molar-refractivity contribution < 1.29 is 17.6 Å². The van der Waals surface area contributed by atoms with Gasteiger partial charge in [0.1, 0.15) is 5.82 Å². The average Bonchev–Trinajstić information content (AvgIpc) is 2.79. The van der Waals surface area contributed by atoms with Crippen LogP contribution in [0.2, 0.25) is 0 Å². The van der Waals surface area contributed by atoms with Gasteiger partial charge in [0.05, 0.1) is 5.56 Å². The second-order valence-electron chi connectivity index (χ2n) is 10.1. The van der Waals surface area contributed by atoms with Crippen LogP contribution in [0, 0.1) is 23.6 Å². The minimum absolute atomic E-state index is 0.524. The Morgan fingerprint density at radius 3 is 2.16 bits per heavy atom. The first-order valence-corrected chi connectivity index (χ1v) is 12.9. The Morgan fingerprint density at radius 2 is 1.53 bits per heavy atom. The van der Waals surface area contributed by atoms with Crippen LogP contribution in [-0.2, 0) is 6.18 Å². The third kappa shape index (κ3) is 7.35. The SMILES string of the molecule is CCCCCCCCCC1CCC(C2CC=C(c3ccc(F)c(C(F)(F)F)c3)CC2)CC1. The smallest absolute Gasteiger partial charge is 0.206 e. The monoisotopic (exact) mass is 452 g/mol. The van der Waals surface area contributed by atoms with Crippen molar-refractivity contribution in [1.82, 2.24) is 0 Å². The molecule has 4 heteroatoms. The highest BCUT2D eigenvalue weighted by molar-refractivity contribution is 5.67. The maximum atomic E-state index is 13.6. The van der Waals surface area contributed by atoms with Crippen molar-refractivity contribution in [1.29, 1.82) is 0 Å². The molecule has 0 radical (unpaired) electrons. The van der Waals surface area contributed by atoms with E-state index in [1.54, 1.807) is 0 Å². The molecule has 0 aromatic heterocycles. The van der Waals surface area contributed by atoms with Crippen molar-refractivity contribution in [2.24, 2.45) is 17.8 Å². The van der Waals surface area contributed by atoms with Crippen LogP contribution < -0.4 is 0 Å². The third-order valence-electron chi connectivity index (χ3n) is 7.87. The van der Waals surface area contributed by atoms with E-state index in [1.165, 1.54) is 83.1 Å². The van der Waals surface area contributed by atoms with Crippen LogP contribution in [0.3, 0.4) is 0 Å². The van der Waals surface area contributed by atoms with E-state index in [0.717, 1.165) is 48.8 Å². The zero-order valence-electron chi connectivity index (χ0n) is 19.7. The predicted molar refractivity (Wildman–Crippen MR) is 125 cm³/mol. The van der Waals surface area contributed by atoms with Crippen LogP contribution in [0.4, 0.5) is 17.6 Å². The molecule has 1 saturated carbocycles. The summed E-state index contributed by atoms with van der Waals surface area (Å²) in [5.41, 5.74) is 0.312. The van der Waals surface area contributed by atoms with E-state index < -0.39 is 17.6 Å². The molecule has 32 heavy (non-hydrogen) atoms. The zero-order valence-corrected chi connectivity index (χ0v) is 19.7. The summed E-state index contributed by atoms with van der Waals surface area (Å²) in [5, 5.41) is 0. The molecule has 0 heterocycles. The van der Waals surface area contributed by atoms with Gasteiger partial charge in [0.2, 0.25) is 0 Å². The standard InChI is InChI=1S/C28H40F4/c1-2-3-4-5-6-7-8-9-21-10-12-22(13-11-21)23-14-16-24(17-15-23)25-18-19-27(29)26(20-25)28(30,31)32/h16,18-23H,2-15,17H2,1H3. The molecular weight excluding hydrogens is 412 g/mol. The maximum absolute atomic E-state index is 13.6. The molecule has 2 aliphatic rings. The molecule has 1 unspecified atom stereocenters. The molecule has 0 amide bonds. The van der Waals surface area contributed by atoms with E-state index in [1.807, 2.05) is 0 Å². The molecule has 3 rings (SSSR count). The molecule has 1 fully saturated rings. The summed E-state index contributed by atoms with van der Waals surface area (Å²) < 4.78 is 52.7. The minimum atomic E-state index is -4.65. The van der Waals surface area contributed by atoms with E-state index in [0.29, 0.717) is 11.5 Å². The summed E-state index contributed by atoms with van der Waals surface area (Å²) in [7, 11) is 0. The number of halogens is 4. The number of rotatable bonds is 10. The van der Waals surface area contributed by atoms with Crippen molar-refractivity contribution in [2.45, 2.75) is 109 Å². The average molecular weight is 453 g/mol. The molecule has 0 saturated heterocycles. The van der Waals surface area contributed by atoms with Crippen molar-refractivity contribution >= 4 is 5.57 Å². The quantitative estimate of drug-likeness (QED) is 0.245. The van der Waals surface area contributed by atoms with Crippen LogP contribution in [0.1, 0.15) is 114 Å². The number of allylic oxidation sites excluding steroid dienone is 2. The van der Waals surface area contributed by atoms with Gasteiger partial charge >= 0.3 is 6.18 Å². The van der Waals surface area contributed by atoms with Gasteiger partial charge in [-0.15, -0.1) is 0 Å². The molecule has 2 aliphatic carbocycles. The lowest BCUT2D eigenvalue weighted by Crippen LogP contribution is -2.23. The Bertz CT molecular complexity index is 725. The summed E-state index contributed by atoms with van der Waals surface area (Å²) in [6.07, 6.45) is 16.6. The number of benzene rings is 1. The van der Waals surface area contributed by atoms with Crippen molar-refractivity contribution in [3.8, 4) is 0 Å². The van der Waals surface area contributed by atoms with Crippen molar-refractivity contribution in [3.05, 3.63) is 41.2 Å². The zero-order chi connectivity index (χ0) is 23.0. The number of unbranched alkanes of at least 4 members (excludes halogenated alkanes) is 6. The third-order valence-corrected chi connectivity index (χ3v) is 7.87. The number of hydrogen-bond donors (Lipinski definition) is 0. The Balaban J connectivity index is 1.41. The molecule has 180 valence electrons. The highest BCUT2D eigenvalue weighted by Crippen LogP contribution is 2.43. The predicted octanol–water partition coefficient (Wildman–Crippen LogP) is 9.98. The lowest BCUT2D eigenvalue weighted by Gasteiger charge is -2.35. The van der Waals surface area contributed by atoms with E-state index in [-0.39, 0.29) is 0 Å². The topological polar surface area (TPSA) is 0 Å². The van der Waals surface area contributed by atoms with Gasteiger partial charge in [-0.25, -0.2) is 4.39 Å². The summed E-state index contributed by atoms with van der Waals surface area (Å²) in [6, 6.07) is 3.43. The first-order valence-electron chi connectivity index (χ1n) is 12.9. The normalized spacial score (nSPS) is 24.4. The fourth-order valence-corrected chi connectivity index (χ4v) is 5.83. The Hall–Kier alpha value is -1.32. The lowest BCUT2D eigenvalue weighted by molar-refractivity contribution is -0.140. The van der Waals surface area contributed by atoms with E-state index in [4.69, 9.17) is 0 Å². The largest absolute Gasteiger partial charge is 0.419 e. The van der Waals surface area contributed by atoms with E-state index in [2.05, 4.69) is 13.0 Å². The molecular formula is C28H40F4. The highest BCUT2D eigenvalue weighted by atomic mass is 19.4. The number of alkyl halides is 3. The van der Waals surface area contributed by atoms with Crippen LogP contribution >= 0.6 is 0 Å². The first-order chi connectivity index (χ1) is 15.4. The van der Waals surface area contributed by atoms with Crippen LogP contribution in [-0.4, -0.2) is 0 Å². The maximum Gasteiger partial charge on any atom is 0.419 e. The van der Waals surface area contributed by atoms with Gasteiger partial charge < -0.3 is 0 Å². The lowest BCUT2D eigenvalue weighted by atomic mass is 9.70. The van der Waals surface area contributed by atoms with E-state index in [9.17, 15) is 17.6 Å². The highest BCUT2D eigenvalue weighted by Gasteiger charge is 2.35. The molecule has 0 nitrogen and oxygen atoms in total. The van der Waals surface area contributed by atoms with Gasteiger partial charge in [-0.1, -0.05) is 83.3 Å². The first kappa shape index (κ1) is 25.3. The van der Waals surface area contributed by atoms with Crippen LogP contribution in [0.15, 0.2) is 24.3 Å². The molecule has 0 spiro atoms. The van der Waals surface area contributed by atoms with Gasteiger partial charge in [-0.3, -0.25) is 0 Å². The van der Waals surface area contributed by atoms with Crippen LogP contribution in [0.25, 0.3) is 5.57 Å². The van der Waals surface area contributed by atoms with Gasteiger partial charge in [0.25, 0.3) is 0 Å². The van der Waals surface area contributed by atoms with Crippen LogP contribution in [0.5, 0.6) is 0 Å². The number of hydrogen-bond acceptors (Lipinski definition) is 0. The summed E-state index contributed by atoms with van der Waals surface area (Å²) in [6.45, 7) is 2.26. The summed E-state index contributed by atoms with van der Waals surface area (Å²) >= 11 is 0. The fourth-order valence-electron chi connectivity index (χ4n) is 5.83. The molecule has 1 aromatic rings. The van der Waals surface area contributed by atoms with Gasteiger partial charge in [0.15, 0.2) is 0 Å². The van der Waals surface area contributed by atoms with Gasteiger partial charge in [-0.05, 0) is 73.1 Å².